The molecule has 6 heteroatoms. The molecule has 0 amide bonds. The van der Waals surface area contributed by atoms with Gasteiger partial charge in [0.05, 0.1) is 16.7 Å². The van der Waals surface area contributed by atoms with Crippen LogP contribution in [0, 0.1) is 24.0 Å². The Hall–Kier alpha value is -1.53. The molecular formula is C12H17N3O3. The van der Waals surface area contributed by atoms with Gasteiger partial charge in [0.1, 0.15) is 0 Å². The van der Waals surface area contributed by atoms with Gasteiger partial charge < -0.3 is 5.11 Å². The predicted molar refractivity (Wildman–Crippen MR) is 66.3 cm³/mol. The number of aliphatic hydroxyl groups is 1. The van der Waals surface area contributed by atoms with E-state index in [9.17, 15) is 15.2 Å². The van der Waals surface area contributed by atoms with Gasteiger partial charge in [-0.15, -0.1) is 0 Å². The van der Waals surface area contributed by atoms with E-state index < -0.39 is 0 Å². The van der Waals surface area contributed by atoms with Crippen LogP contribution in [0.4, 0.5) is 5.69 Å². The quantitative estimate of drug-likeness (QED) is 0.644. The third-order valence-electron chi connectivity index (χ3n) is 3.38. The average molecular weight is 251 g/mol. The summed E-state index contributed by atoms with van der Waals surface area (Å²) in [5.74, 6) is 0. The van der Waals surface area contributed by atoms with Crippen molar-refractivity contribution in [2.24, 2.45) is 0 Å². The van der Waals surface area contributed by atoms with Crippen LogP contribution >= 0.6 is 0 Å². The number of aromatic nitrogens is 1. The van der Waals surface area contributed by atoms with Gasteiger partial charge in [-0.25, -0.2) is 0 Å². The smallest absolute Gasteiger partial charge is 0.278 e. The fraction of sp³-hybridized carbons (Fsp3) is 0.583. The number of likely N-dealkylation sites (tertiary alicyclic amines) is 1. The summed E-state index contributed by atoms with van der Waals surface area (Å²) in [6.07, 6.45) is 2.02. The molecule has 1 atom stereocenters. The van der Waals surface area contributed by atoms with Crippen molar-refractivity contribution in [1.82, 2.24) is 9.88 Å². The Morgan fingerprint density at radius 1 is 1.61 bits per heavy atom. The summed E-state index contributed by atoms with van der Waals surface area (Å²) in [6.45, 7) is 5.41. The van der Waals surface area contributed by atoms with E-state index in [0.717, 1.165) is 18.7 Å². The highest BCUT2D eigenvalue weighted by Crippen LogP contribution is 2.25. The molecule has 2 heterocycles. The molecular weight excluding hydrogens is 234 g/mol. The van der Waals surface area contributed by atoms with Crippen molar-refractivity contribution in [3.05, 3.63) is 33.1 Å². The highest BCUT2D eigenvalue weighted by atomic mass is 16.6. The van der Waals surface area contributed by atoms with Crippen molar-refractivity contribution >= 4 is 5.69 Å². The molecule has 1 fully saturated rings. The molecule has 2 rings (SSSR count). The summed E-state index contributed by atoms with van der Waals surface area (Å²) in [7, 11) is 0. The second-order valence-corrected chi connectivity index (χ2v) is 4.80. The number of nitro groups is 1. The largest absolute Gasteiger partial charge is 0.392 e. The summed E-state index contributed by atoms with van der Waals surface area (Å²) in [6, 6.07) is 0. The van der Waals surface area contributed by atoms with Crippen LogP contribution < -0.4 is 0 Å². The van der Waals surface area contributed by atoms with Crippen LogP contribution in [-0.4, -0.2) is 39.1 Å². The van der Waals surface area contributed by atoms with E-state index in [0.29, 0.717) is 24.2 Å². The lowest BCUT2D eigenvalue weighted by atomic mass is 10.1. The Balaban J connectivity index is 2.24. The maximum Gasteiger partial charge on any atom is 0.278 e. The van der Waals surface area contributed by atoms with E-state index in [1.165, 1.54) is 0 Å². The van der Waals surface area contributed by atoms with Gasteiger partial charge in [0.15, 0.2) is 0 Å². The monoisotopic (exact) mass is 251 g/mol. The number of nitrogens with zero attached hydrogens (tertiary/aromatic N) is 3. The first kappa shape index (κ1) is 12.9. The van der Waals surface area contributed by atoms with Gasteiger partial charge in [0, 0.05) is 37.0 Å². The molecule has 0 aliphatic carbocycles. The van der Waals surface area contributed by atoms with E-state index in [4.69, 9.17) is 0 Å². The molecule has 6 nitrogen and oxygen atoms in total. The van der Waals surface area contributed by atoms with Crippen molar-refractivity contribution in [3.63, 3.8) is 0 Å². The van der Waals surface area contributed by atoms with E-state index >= 15 is 0 Å². The number of aliphatic hydroxyl groups excluding tert-OH is 1. The fourth-order valence-corrected chi connectivity index (χ4v) is 2.37. The number of pyridine rings is 1. The molecule has 0 saturated carbocycles. The lowest BCUT2D eigenvalue weighted by molar-refractivity contribution is -0.386. The maximum absolute atomic E-state index is 11.0. The van der Waals surface area contributed by atoms with Gasteiger partial charge >= 0.3 is 0 Å². The summed E-state index contributed by atoms with van der Waals surface area (Å²) >= 11 is 0. The molecule has 1 N–H and O–H groups in total. The zero-order valence-electron chi connectivity index (χ0n) is 10.6. The summed E-state index contributed by atoms with van der Waals surface area (Å²) in [5.41, 5.74) is 2.09. The van der Waals surface area contributed by atoms with Crippen LogP contribution in [0.2, 0.25) is 0 Å². The van der Waals surface area contributed by atoms with Crippen LogP contribution in [0.5, 0.6) is 0 Å². The molecule has 0 spiro atoms. The minimum atomic E-state index is -0.353. The Bertz CT molecular complexity index is 476. The first-order valence-corrected chi connectivity index (χ1v) is 5.99. The van der Waals surface area contributed by atoms with E-state index in [1.54, 1.807) is 20.0 Å². The van der Waals surface area contributed by atoms with E-state index in [-0.39, 0.29) is 16.7 Å². The predicted octanol–water partition coefficient (Wildman–Crippen LogP) is 1.17. The standard InChI is InChI=1S/C12H17N3O3/c1-8-5-13-11(9(2)12(8)15(17)18)7-14-4-3-10(16)6-14/h5,10,16H,3-4,6-7H2,1-2H3/t10-/m1/s1. The average Bonchev–Trinajstić information content (AvgIpc) is 2.68. The van der Waals surface area contributed by atoms with Crippen molar-refractivity contribution in [2.45, 2.75) is 32.9 Å². The molecule has 0 radical (unpaired) electrons. The Kier molecular flexibility index (Phi) is 3.58. The fourth-order valence-electron chi connectivity index (χ4n) is 2.37. The second-order valence-electron chi connectivity index (χ2n) is 4.80. The van der Waals surface area contributed by atoms with Crippen molar-refractivity contribution in [2.75, 3.05) is 13.1 Å². The van der Waals surface area contributed by atoms with E-state index in [1.807, 2.05) is 0 Å². The first-order chi connectivity index (χ1) is 8.49. The maximum atomic E-state index is 11.0. The number of hydrogen-bond donors (Lipinski definition) is 1. The SMILES string of the molecule is Cc1cnc(CN2CC[C@@H](O)C2)c(C)c1[N+](=O)[O-]. The van der Waals surface area contributed by atoms with Crippen molar-refractivity contribution in [1.29, 1.82) is 0 Å². The number of rotatable bonds is 3. The van der Waals surface area contributed by atoms with Crippen LogP contribution in [-0.2, 0) is 6.54 Å². The van der Waals surface area contributed by atoms with Gasteiger partial charge in [0.25, 0.3) is 5.69 Å². The highest BCUT2D eigenvalue weighted by Gasteiger charge is 2.24. The van der Waals surface area contributed by atoms with Gasteiger partial charge in [-0.3, -0.25) is 20.0 Å². The highest BCUT2D eigenvalue weighted by molar-refractivity contribution is 5.47. The number of aryl methyl sites for hydroxylation is 1. The molecule has 0 bridgehead atoms. The molecule has 1 aliphatic rings. The summed E-state index contributed by atoms with van der Waals surface area (Å²) in [5, 5.41) is 20.5. The topological polar surface area (TPSA) is 79.5 Å². The Morgan fingerprint density at radius 3 is 2.89 bits per heavy atom. The van der Waals surface area contributed by atoms with Crippen LogP contribution in [0.3, 0.4) is 0 Å². The lowest BCUT2D eigenvalue weighted by Crippen LogP contribution is -2.22. The number of β-amino-alcohol motifs (C(OH)–C–C–N with tert-alkyl or cyclic N) is 1. The minimum absolute atomic E-state index is 0.153. The zero-order valence-corrected chi connectivity index (χ0v) is 10.6. The van der Waals surface area contributed by atoms with E-state index in [2.05, 4.69) is 9.88 Å². The summed E-state index contributed by atoms with van der Waals surface area (Å²) in [4.78, 5) is 17.0. The zero-order chi connectivity index (χ0) is 13.3. The molecule has 0 aromatic carbocycles. The Morgan fingerprint density at radius 2 is 2.33 bits per heavy atom. The third kappa shape index (κ3) is 2.49. The summed E-state index contributed by atoms with van der Waals surface area (Å²) < 4.78 is 0. The van der Waals surface area contributed by atoms with Crippen LogP contribution in [0.1, 0.15) is 23.2 Å². The van der Waals surface area contributed by atoms with Gasteiger partial charge in [0.2, 0.25) is 0 Å². The molecule has 1 aromatic heterocycles. The molecule has 18 heavy (non-hydrogen) atoms. The van der Waals surface area contributed by atoms with Crippen LogP contribution in [0.25, 0.3) is 0 Å². The van der Waals surface area contributed by atoms with Gasteiger partial charge in [-0.05, 0) is 20.3 Å². The van der Waals surface area contributed by atoms with Crippen molar-refractivity contribution in [3.8, 4) is 0 Å². The molecule has 1 saturated heterocycles. The molecule has 0 unspecified atom stereocenters. The van der Waals surface area contributed by atoms with Crippen LogP contribution in [0.15, 0.2) is 6.20 Å². The van der Waals surface area contributed by atoms with Gasteiger partial charge in [-0.2, -0.15) is 0 Å². The normalized spacial score (nSPS) is 20.3. The minimum Gasteiger partial charge on any atom is -0.392 e. The molecule has 1 aromatic rings. The lowest BCUT2D eigenvalue weighted by Gasteiger charge is -2.16. The first-order valence-electron chi connectivity index (χ1n) is 5.99. The second kappa shape index (κ2) is 4.99. The molecule has 98 valence electrons. The third-order valence-corrected chi connectivity index (χ3v) is 3.38. The van der Waals surface area contributed by atoms with Crippen molar-refractivity contribution < 1.29 is 10.0 Å². The van der Waals surface area contributed by atoms with Gasteiger partial charge in [-0.1, -0.05) is 0 Å². The molecule has 1 aliphatic heterocycles. The Labute approximate surface area is 105 Å². The number of hydrogen-bond acceptors (Lipinski definition) is 5.